The van der Waals surface area contributed by atoms with Gasteiger partial charge in [-0.1, -0.05) is 0 Å². The smallest absolute Gasteiger partial charge is 0.144 e. The van der Waals surface area contributed by atoms with Gasteiger partial charge in [-0.2, -0.15) is 0 Å². The average molecular weight is 405 g/mol. The topological polar surface area (TPSA) is 48.8 Å². The van der Waals surface area contributed by atoms with E-state index >= 15 is 0 Å². The van der Waals surface area contributed by atoms with E-state index in [9.17, 15) is 0 Å². The van der Waals surface area contributed by atoms with Crippen LogP contribution in [0.15, 0.2) is 54.9 Å². The fourth-order valence-electron chi connectivity index (χ4n) is 4.10. The third-order valence-electron chi connectivity index (χ3n) is 5.69. The number of ether oxygens (including phenoxy) is 3. The Morgan fingerprint density at radius 2 is 1.93 bits per heavy atom. The number of imidazole rings is 1. The molecular weight excluding hydrogens is 378 g/mol. The Kier molecular flexibility index (Phi) is 5.43. The zero-order valence-electron chi connectivity index (χ0n) is 17.3. The van der Waals surface area contributed by atoms with Gasteiger partial charge < -0.3 is 14.2 Å². The van der Waals surface area contributed by atoms with Gasteiger partial charge in [0, 0.05) is 49.7 Å². The Morgan fingerprint density at radius 3 is 2.77 bits per heavy atom. The molecule has 6 nitrogen and oxygen atoms in total. The molecule has 5 rings (SSSR count). The molecule has 1 saturated heterocycles. The van der Waals surface area contributed by atoms with Gasteiger partial charge in [-0.3, -0.25) is 9.47 Å². The third kappa shape index (κ3) is 4.06. The highest BCUT2D eigenvalue weighted by atomic mass is 16.5. The second-order valence-electron chi connectivity index (χ2n) is 7.87. The lowest BCUT2D eigenvalue weighted by Gasteiger charge is -2.26. The summed E-state index contributed by atoms with van der Waals surface area (Å²) < 4.78 is 19.3. The number of benzene rings is 2. The van der Waals surface area contributed by atoms with Crippen LogP contribution in [0.3, 0.4) is 0 Å². The summed E-state index contributed by atoms with van der Waals surface area (Å²) in [5.41, 5.74) is 3.42. The van der Waals surface area contributed by atoms with Crippen molar-refractivity contribution in [1.29, 1.82) is 0 Å². The molecule has 1 aromatic heterocycles. The molecule has 1 atom stereocenters. The number of rotatable bonds is 6. The van der Waals surface area contributed by atoms with Crippen LogP contribution in [0, 0.1) is 0 Å². The Labute approximate surface area is 177 Å². The van der Waals surface area contributed by atoms with Crippen molar-refractivity contribution in [2.45, 2.75) is 19.4 Å². The van der Waals surface area contributed by atoms with Gasteiger partial charge in [0.15, 0.2) is 0 Å². The average Bonchev–Trinajstić information content (AvgIpc) is 3.40. The van der Waals surface area contributed by atoms with E-state index in [2.05, 4.69) is 51.7 Å². The summed E-state index contributed by atoms with van der Waals surface area (Å²) in [4.78, 5) is 6.97. The van der Waals surface area contributed by atoms with Crippen LogP contribution in [0.4, 0.5) is 0 Å². The van der Waals surface area contributed by atoms with Gasteiger partial charge in [-0.15, -0.1) is 0 Å². The summed E-state index contributed by atoms with van der Waals surface area (Å²) in [6, 6.07) is 14.5. The van der Waals surface area contributed by atoms with Gasteiger partial charge in [0.25, 0.3) is 0 Å². The molecule has 0 amide bonds. The molecule has 0 radical (unpaired) electrons. The zero-order valence-corrected chi connectivity index (χ0v) is 17.3. The van der Waals surface area contributed by atoms with Crippen molar-refractivity contribution in [3.05, 3.63) is 60.4 Å². The number of nitrogens with zero attached hydrogens (tertiary/aromatic N) is 3. The molecule has 2 aromatic carbocycles. The fraction of sp³-hybridized carbons (Fsp3) is 0.375. The van der Waals surface area contributed by atoms with E-state index in [0.717, 1.165) is 67.8 Å². The number of aromatic nitrogens is 2. The van der Waals surface area contributed by atoms with Crippen LogP contribution in [-0.4, -0.2) is 60.0 Å². The predicted molar refractivity (Wildman–Crippen MR) is 116 cm³/mol. The van der Waals surface area contributed by atoms with Crippen molar-refractivity contribution in [1.82, 2.24) is 14.5 Å². The molecule has 2 aliphatic heterocycles. The Bertz CT molecular complexity index is 993. The molecule has 1 unspecified atom stereocenters. The molecule has 156 valence electrons. The van der Waals surface area contributed by atoms with E-state index in [-0.39, 0.29) is 6.10 Å². The summed E-state index contributed by atoms with van der Waals surface area (Å²) in [7, 11) is 0. The minimum Gasteiger partial charge on any atom is -0.492 e. The Balaban J connectivity index is 1.27. The quantitative estimate of drug-likeness (QED) is 0.628. The van der Waals surface area contributed by atoms with Gasteiger partial charge in [-0.25, -0.2) is 4.98 Å². The highest BCUT2D eigenvalue weighted by Crippen LogP contribution is 2.32. The van der Waals surface area contributed by atoms with Crippen molar-refractivity contribution in [2.75, 3.05) is 39.5 Å². The second-order valence-corrected chi connectivity index (χ2v) is 7.87. The van der Waals surface area contributed by atoms with Gasteiger partial charge in [-0.05, 0) is 55.0 Å². The molecule has 3 heterocycles. The Hall–Kier alpha value is -2.83. The first-order chi connectivity index (χ1) is 14.8. The lowest BCUT2D eigenvalue weighted by molar-refractivity contribution is 0.0322. The van der Waals surface area contributed by atoms with Crippen LogP contribution < -0.4 is 9.47 Å². The summed E-state index contributed by atoms with van der Waals surface area (Å²) in [6.45, 7) is 7.32. The van der Waals surface area contributed by atoms with Crippen LogP contribution in [0.25, 0.3) is 17.1 Å². The van der Waals surface area contributed by atoms with E-state index in [4.69, 9.17) is 14.2 Å². The molecule has 2 aliphatic rings. The first-order valence-electron chi connectivity index (χ1n) is 10.6. The third-order valence-corrected chi connectivity index (χ3v) is 5.69. The molecule has 1 fully saturated rings. The predicted octanol–water partition coefficient (Wildman–Crippen LogP) is 3.57. The fourth-order valence-corrected chi connectivity index (χ4v) is 4.10. The van der Waals surface area contributed by atoms with E-state index in [1.165, 1.54) is 5.56 Å². The van der Waals surface area contributed by atoms with Crippen LogP contribution >= 0.6 is 0 Å². The maximum Gasteiger partial charge on any atom is 0.144 e. The number of morpholine rings is 1. The summed E-state index contributed by atoms with van der Waals surface area (Å²) >= 11 is 0. The SMILES string of the molecule is CC1Cc2cc(-n3ccnc3-c3ccc(OCCN4CCOCC4)cc3)ccc2O1. The molecule has 0 bridgehead atoms. The molecule has 6 heteroatoms. The molecule has 3 aromatic rings. The number of fused-ring (bicyclic) bond motifs is 1. The van der Waals surface area contributed by atoms with Crippen LogP contribution in [0.5, 0.6) is 11.5 Å². The minimum absolute atomic E-state index is 0.244. The van der Waals surface area contributed by atoms with Gasteiger partial charge in [0.2, 0.25) is 0 Å². The van der Waals surface area contributed by atoms with Crippen LogP contribution in [0.2, 0.25) is 0 Å². The van der Waals surface area contributed by atoms with Crippen molar-refractivity contribution in [2.24, 2.45) is 0 Å². The van der Waals surface area contributed by atoms with E-state index in [0.29, 0.717) is 6.61 Å². The highest BCUT2D eigenvalue weighted by molar-refractivity contribution is 5.60. The number of hydrogen-bond acceptors (Lipinski definition) is 5. The molecule has 0 N–H and O–H groups in total. The number of hydrogen-bond donors (Lipinski definition) is 0. The van der Waals surface area contributed by atoms with E-state index < -0.39 is 0 Å². The first-order valence-corrected chi connectivity index (χ1v) is 10.6. The lowest BCUT2D eigenvalue weighted by atomic mass is 10.1. The Morgan fingerprint density at radius 1 is 1.10 bits per heavy atom. The van der Waals surface area contributed by atoms with E-state index in [1.807, 2.05) is 24.5 Å². The second kappa shape index (κ2) is 8.50. The molecule has 0 spiro atoms. The standard InChI is InChI=1S/C24H27N3O3/c1-18-16-20-17-21(4-7-23(20)30-18)27-9-8-25-24(27)19-2-5-22(6-3-19)29-15-12-26-10-13-28-14-11-26/h2-9,17-18H,10-16H2,1H3. The summed E-state index contributed by atoms with van der Waals surface area (Å²) in [5, 5.41) is 0. The van der Waals surface area contributed by atoms with E-state index in [1.54, 1.807) is 0 Å². The largest absolute Gasteiger partial charge is 0.492 e. The van der Waals surface area contributed by atoms with Crippen molar-refractivity contribution in [3.8, 4) is 28.6 Å². The van der Waals surface area contributed by atoms with Crippen molar-refractivity contribution >= 4 is 0 Å². The van der Waals surface area contributed by atoms with Crippen LogP contribution in [-0.2, 0) is 11.2 Å². The van der Waals surface area contributed by atoms with Gasteiger partial charge >= 0.3 is 0 Å². The highest BCUT2D eigenvalue weighted by Gasteiger charge is 2.20. The molecule has 30 heavy (non-hydrogen) atoms. The van der Waals surface area contributed by atoms with Gasteiger partial charge in [0.1, 0.15) is 30.0 Å². The summed E-state index contributed by atoms with van der Waals surface area (Å²) in [6.07, 6.45) is 5.04. The van der Waals surface area contributed by atoms with Crippen LogP contribution in [0.1, 0.15) is 12.5 Å². The lowest BCUT2D eigenvalue weighted by Crippen LogP contribution is -2.38. The zero-order chi connectivity index (χ0) is 20.3. The normalized spacial score (nSPS) is 18.8. The maximum atomic E-state index is 5.93. The van der Waals surface area contributed by atoms with Gasteiger partial charge in [0.05, 0.1) is 13.2 Å². The van der Waals surface area contributed by atoms with Crippen molar-refractivity contribution < 1.29 is 14.2 Å². The minimum atomic E-state index is 0.244. The van der Waals surface area contributed by atoms with Crippen molar-refractivity contribution in [3.63, 3.8) is 0 Å². The summed E-state index contributed by atoms with van der Waals surface area (Å²) in [5.74, 6) is 2.79. The maximum absolute atomic E-state index is 5.93. The molecular formula is C24H27N3O3. The first kappa shape index (κ1) is 19.2. The monoisotopic (exact) mass is 405 g/mol. The molecule has 0 saturated carbocycles. The molecule has 0 aliphatic carbocycles.